The number of hydrogen-bond donors (Lipinski definition) is 3. The highest BCUT2D eigenvalue weighted by Gasteiger charge is 2.72. The molecule has 0 aromatic carbocycles. The lowest BCUT2D eigenvalue weighted by atomic mass is 9.34. The van der Waals surface area contributed by atoms with E-state index in [9.17, 15) is 14.7 Å². The number of aliphatic carboxylic acids is 1. The minimum absolute atomic E-state index is 0.0506. The molecule has 12 atom stereocenters. The summed E-state index contributed by atoms with van der Waals surface area (Å²) >= 11 is 0. The zero-order valence-corrected chi connectivity index (χ0v) is 34.2. The molecule has 2 bridgehead atoms. The summed E-state index contributed by atoms with van der Waals surface area (Å²) in [6, 6.07) is -0.282. The van der Waals surface area contributed by atoms with Gasteiger partial charge in [-0.25, -0.2) is 0 Å². The normalized spacial score (nSPS) is 41.8. The number of rotatable bonds is 10. The molecule has 292 valence electrons. The van der Waals surface area contributed by atoms with Crippen molar-refractivity contribution in [3.8, 4) is 0 Å². The molecule has 4 fully saturated rings. The van der Waals surface area contributed by atoms with Gasteiger partial charge in [-0.15, -0.1) is 10.2 Å². The van der Waals surface area contributed by atoms with Gasteiger partial charge in [0, 0.05) is 22.4 Å². The third-order valence-electron chi connectivity index (χ3n) is 16.5. The van der Waals surface area contributed by atoms with Crippen LogP contribution in [0, 0.1) is 62.6 Å². The van der Waals surface area contributed by atoms with E-state index in [0.29, 0.717) is 37.5 Å². The van der Waals surface area contributed by atoms with Crippen molar-refractivity contribution in [2.75, 3.05) is 19.8 Å². The summed E-state index contributed by atoms with van der Waals surface area (Å²) in [5, 5.41) is 22.8. The Kier molecular flexibility index (Phi) is 9.98. The molecule has 2 heterocycles. The number of nitrogens with one attached hydrogen (secondary N) is 1. The molecule has 1 aromatic heterocycles. The number of fused-ring (bicyclic) bond motifs is 3. The number of carboxylic acids is 1. The molecule has 1 aliphatic heterocycles. The molecule has 1 saturated heterocycles. The minimum atomic E-state index is -0.647. The van der Waals surface area contributed by atoms with Gasteiger partial charge in [-0.2, -0.15) is 0 Å². The van der Waals surface area contributed by atoms with E-state index in [1.54, 1.807) is 6.33 Å². The van der Waals surface area contributed by atoms with E-state index in [4.69, 9.17) is 15.2 Å². The lowest BCUT2D eigenvalue weighted by Gasteiger charge is -2.71. The van der Waals surface area contributed by atoms with Gasteiger partial charge in [0.05, 0.1) is 37.9 Å². The van der Waals surface area contributed by atoms with Crippen LogP contribution < -0.4 is 11.1 Å². The van der Waals surface area contributed by atoms with Crippen molar-refractivity contribution < 1.29 is 24.2 Å². The molecule has 0 spiro atoms. The van der Waals surface area contributed by atoms with Crippen molar-refractivity contribution in [2.24, 2.45) is 68.3 Å². The zero-order valence-electron chi connectivity index (χ0n) is 34.2. The van der Waals surface area contributed by atoms with Gasteiger partial charge in [0.1, 0.15) is 6.33 Å². The van der Waals surface area contributed by atoms with E-state index in [-0.39, 0.29) is 63.5 Å². The molecule has 0 radical (unpaired) electrons. The molecule has 4 N–H and O–H groups in total. The summed E-state index contributed by atoms with van der Waals surface area (Å²) in [4.78, 5) is 27.1. The Morgan fingerprint density at radius 2 is 1.77 bits per heavy atom. The van der Waals surface area contributed by atoms with Crippen LogP contribution in [0.15, 0.2) is 18.0 Å². The molecule has 4 aliphatic carbocycles. The Balaban J connectivity index is 1.47. The van der Waals surface area contributed by atoms with Crippen molar-refractivity contribution in [3.05, 3.63) is 23.8 Å². The number of carbonyl (C=O) groups excluding carboxylic acids is 1. The first-order chi connectivity index (χ1) is 24.1. The summed E-state index contributed by atoms with van der Waals surface area (Å²) < 4.78 is 15.8. The number of hydrogen-bond acceptors (Lipinski definition) is 7. The van der Waals surface area contributed by atoms with Crippen LogP contribution in [0.1, 0.15) is 138 Å². The number of carbonyl (C=O) groups is 2. The maximum Gasteiger partial charge on any atom is 0.307 e. The van der Waals surface area contributed by atoms with Gasteiger partial charge in [0.15, 0.2) is 0 Å². The lowest BCUT2D eigenvalue weighted by Crippen LogP contribution is -2.69. The Labute approximate surface area is 312 Å². The van der Waals surface area contributed by atoms with Crippen molar-refractivity contribution >= 4 is 11.9 Å². The monoisotopic (exact) mass is 724 g/mol. The van der Waals surface area contributed by atoms with Crippen LogP contribution in [0.25, 0.3) is 0 Å². The number of nitrogens with zero attached hydrogens (tertiary/aromatic N) is 3. The first-order valence-electron chi connectivity index (χ1n) is 20.2. The number of aromatic nitrogens is 3. The van der Waals surface area contributed by atoms with Crippen LogP contribution in [0.2, 0.25) is 0 Å². The van der Waals surface area contributed by atoms with Gasteiger partial charge in [-0.3, -0.25) is 9.59 Å². The molecule has 0 unspecified atom stereocenters. The third kappa shape index (κ3) is 5.65. The number of allylic oxidation sites excluding steroid dienone is 1. The standard InChI is InChI=1S/C42H69N5O5/c1-24(2)27(7)37(8)17-18-39(10)28-13-14-31-38(9)20-51-22-42(31,29(28)15-16-40(39,11)32(37)36(49)50)19-30(33(38)52-21-41(12,43)25(3)4)47-23-44-46-34(47)35(48)45-26(5)6/h15,23-28,30-33H,13-14,16-22,43H2,1-12H3,(H,45,48)(H,49,50)/t27-,28+,30-,31+,32-,33+,37-,38+,39-,40+,41+,42+/m1/s1. The third-order valence-corrected chi connectivity index (χ3v) is 16.5. The van der Waals surface area contributed by atoms with Crippen LogP contribution in [0.3, 0.4) is 0 Å². The second-order valence-electron chi connectivity index (χ2n) is 20.2. The highest BCUT2D eigenvalue weighted by molar-refractivity contribution is 5.90. The molecular formula is C42H69N5O5. The number of carboxylic acid groups (broad SMARTS) is 1. The number of ether oxygens (including phenoxy) is 2. The van der Waals surface area contributed by atoms with Gasteiger partial charge < -0.3 is 30.2 Å². The highest BCUT2D eigenvalue weighted by Crippen LogP contribution is 2.75. The lowest BCUT2D eigenvalue weighted by molar-refractivity contribution is -0.251. The summed E-state index contributed by atoms with van der Waals surface area (Å²) in [5.41, 5.74) is 6.19. The molecule has 10 heteroatoms. The van der Waals surface area contributed by atoms with Crippen molar-refractivity contribution in [3.63, 3.8) is 0 Å². The maximum absolute atomic E-state index is 13.6. The quantitative estimate of drug-likeness (QED) is 0.214. The van der Waals surface area contributed by atoms with Gasteiger partial charge in [-0.1, -0.05) is 74.0 Å². The molecule has 1 aromatic rings. The second-order valence-corrected chi connectivity index (χ2v) is 20.2. The Morgan fingerprint density at radius 1 is 1.08 bits per heavy atom. The summed E-state index contributed by atoms with van der Waals surface area (Å²) in [6.45, 7) is 27.8. The molecule has 10 nitrogen and oxygen atoms in total. The fourth-order valence-corrected chi connectivity index (χ4v) is 12.6. The molecule has 5 aliphatic rings. The van der Waals surface area contributed by atoms with Crippen LogP contribution in [-0.4, -0.2) is 69.3 Å². The molecule has 52 heavy (non-hydrogen) atoms. The fraction of sp³-hybridized carbons (Fsp3) is 0.857. The largest absolute Gasteiger partial charge is 0.481 e. The predicted octanol–water partition coefficient (Wildman–Crippen LogP) is 7.30. The van der Waals surface area contributed by atoms with Crippen LogP contribution in [0.5, 0.6) is 0 Å². The van der Waals surface area contributed by atoms with E-state index in [0.717, 1.165) is 38.5 Å². The van der Waals surface area contributed by atoms with E-state index in [1.165, 1.54) is 5.57 Å². The molecule has 1 amide bonds. The van der Waals surface area contributed by atoms with E-state index in [2.05, 4.69) is 90.8 Å². The number of nitrogens with two attached hydrogens (primary N) is 1. The summed E-state index contributed by atoms with van der Waals surface area (Å²) in [7, 11) is 0. The van der Waals surface area contributed by atoms with Crippen LogP contribution in [-0.2, 0) is 14.3 Å². The second kappa shape index (κ2) is 13.2. The smallest absolute Gasteiger partial charge is 0.307 e. The minimum Gasteiger partial charge on any atom is -0.481 e. The van der Waals surface area contributed by atoms with Crippen molar-refractivity contribution in [2.45, 2.75) is 145 Å². The molecular weight excluding hydrogens is 654 g/mol. The van der Waals surface area contributed by atoms with E-state index < -0.39 is 22.8 Å². The van der Waals surface area contributed by atoms with Gasteiger partial charge in [0.2, 0.25) is 5.82 Å². The van der Waals surface area contributed by atoms with E-state index >= 15 is 0 Å². The number of amides is 1. The molecule has 6 rings (SSSR count). The van der Waals surface area contributed by atoms with Crippen LogP contribution in [0.4, 0.5) is 0 Å². The van der Waals surface area contributed by atoms with Gasteiger partial charge in [0.25, 0.3) is 5.91 Å². The van der Waals surface area contributed by atoms with Crippen molar-refractivity contribution in [1.82, 2.24) is 20.1 Å². The Hall–Kier alpha value is -2.30. The van der Waals surface area contributed by atoms with Crippen LogP contribution >= 0.6 is 0 Å². The maximum atomic E-state index is 13.6. The Bertz CT molecular complexity index is 1570. The average Bonchev–Trinajstić information content (AvgIpc) is 3.54. The SMILES string of the molecule is CC(C)NC(=O)c1nncn1[C@@H]1C[C@@]23COC[C@@](C)([C@@H]2CC[C@H]2C3=CC[C@@]3(C)[C@H](C(=O)O)[C@@](C)([C@H](C)C(C)C)CC[C@]23C)[C@H]1OC[C@](C)(N)C(C)C. The van der Waals surface area contributed by atoms with Crippen molar-refractivity contribution in [1.29, 1.82) is 0 Å². The van der Waals surface area contributed by atoms with Gasteiger partial charge in [-0.05, 0) is 105 Å². The summed E-state index contributed by atoms with van der Waals surface area (Å²) in [6.07, 6.45) is 9.30. The summed E-state index contributed by atoms with van der Waals surface area (Å²) in [5.74, 6) is 0.390. The Morgan fingerprint density at radius 3 is 2.38 bits per heavy atom. The van der Waals surface area contributed by atoms with Gasteiger partial charge >= 0.3 is 5.97 Å². The first kappa shape index (κ1) is 39.4. The molecule has 3 saturated carbocycles. The topological polar surface area (TPSA) is 142 Å². The highest BCUT2D eigenvalue weighted by atomic mass is 16.5. The average molecular weight is 724 g/mol. The fourth-order valence-electron chi connectivity index (χ4n) is 12.6. The van der Waals surface area contributed by atoms with E-state index in [1.807, 2.05) is 18.4 Å². The predicted molar refractivity (Wildman–Crippen MR) is 202 cm³/mol. The first-order valence-corrected chi connectivity index (χ1v) is 20.2. The zero-order chi connectivity index (χ0) is 38.4.